The summed E-state index contributed by atoms with van der Waals surface area (Å²) >= 11 is 1.57. The Bertz CT molecular complexity index is 705. The number of hydrogen-bond donors (Lipinski definition) is 0. The topological polar surface area (TPSA) is 20.3 Å². The first kappa shape index (κ1) is 13.1. The van der Waals surface area contributed by atoms with Gasteiger partial charge in [0.25, 0.3) is 5.91 Å². The number of carbonyl (C=O) groups is 1. The van der Waals surface area contributed by atoms with Crippen LogP contribution in [0.1, 0.15) is 28.6 Å². The summed E-state index contributed by atoms with van der Waals surface area (Å²) in [5.74, 6) is 1.75. The van der Waals surface area contributed by atoms with Crippen LogP contribution in [0.25, 0.3) is 11.1 Å². The Kier molecular flexibility index (Phi) is 2.93. The van der Waals surface area contributed by atoms with Crippen LogP contribution in [0, 0.1) is 18.8 Å². The van der Waals surface area contributed by atoms with Crippen molar-refractivity contribution in [1.82, 2.24) is 4.90 Å². The molecule has 0 radical (unpaired) electrons. The molecule has 0 spiro atoms. The van der Waals surface area contributed by atoms with Gasteiger partial charge in [-0.3, -0.25) is 4.79 Å². The maximum Gasteiger partial charge on any atom is 0.264 e. The molecule has 2 aliphatic rings. The van der Waals surface area contributed by atoms with E-state index in [1.807, 2.05) is 5.38 Å². The van der Waals surface area contributed by atoms with Gasteiger partial charge < -0.3 is 4.90 Å². The number of likely N-dealkylation sites (tertiary alicyclic amines) is 1. The molecule has 1 aliphatic heterocycles. The summed E-state index contributed by atoms with van der Waals surface area (Å²) in [5, 5.41) is 2.03. The van der Waals surface area contributed by atoms with Gasteiger partial charge in [0.1, 0.15) is 0 Å². The highest BCUT2D eigenvalue weighted by molar-refractivity contribution is 7.12. The highest BCUT2D eigenvalue weighted by atomic mass is 32.1. The third kappa shape index (κ3) is 2.11. The molecule has 4 rings (SSSR count). The number of hydrogen-bond acceptors (Lipinski definition) is 2. The maximum atomic E-state index is 12.9. The number of thiophene rings is 1. The van der Waals surface area contributed by atoms with E-state index in [0.717, 1.165) is 34.4 Å². The molecule has 0 bridgehead atoms. The van der Waals surface area contributed by atoms with Crippen molar-refractivity contribution < 1.29 is 4.79 Å². The lowest BCUT2D eigenvalue weighted by Crippen LogP contribution is -2.36. The second kappa shape index (κ2) is 4.70. The lowest BCUT2D eigenvalue weighted by molar-refractivity contribution is 0.0726. The van der Waals surface area contributed by atoms with E-state index in [9.17, 15) is 4.79 Å². The van der Waals surface area contributed by atoms with Crippen LogP contribution in [-0.2, 0) is 0 Å². The highest BCUT2D eigenvalue weighted by Crippen LogP contribution is 2.50. The molecule has 0 N–H and O–H groups in total. The molecule has 0 unspecified atom stereocenters. The number of fused-ring (bicyclic) bond motifs is 1. The van der Waals surface area contributed by atoms with Gasteiger partial charge in [-0.25, -0.2) is 0 Å². The van der Waals surface area contributed by atoms with E-state index >= 15 is 0 Å². The van der Waals surface area contributed by atoms with Gasteiger partial charge in [-0.15, -0.1) is 11.3 Å². The Labute approximate surface area is 129 Å². The molecular formula is C18H19NOS. The van der Waals surface area contributed by atoms with Crippen LogP contribution < -0.4 is 0 Å². The van der Waals surface area contributed by atoms with Crippen molar-refractivity contribution in [2.45, 2.75) is 26.3 Å². The van der Waals surface area contributed by atoms with E-state index < -0.39 is 0 Å². The van der Waals surface area contributed by atoms with Gasteiger partial charge in [-0.1, -0.05) is 29.8 Å². The smallest absolute Gasteiger partial charge is 0.264 e. The maximum absolute atomic E-state index is 12.9. The number of carbonyl (C=O) groups excluding carboxylic acids is 1. The van der Waals surface area contributed by atoms with E-state index in [0.29, 0.717) is 6.04 Å². The molecule has 3 heteroatoms. The quantitative estimate of drug-likeness (QED) is 0.813. The van der Waals surface area contributed by atoms with Crippen molar-refractivity contribution in [3.8, 4) is 11.1 Å². The van der Waals surface area contributed by atoms with E-state index in [4.69, 9.17) is 0 Å². The Balaban J connectivity index is 1.67. The molecule has 1 aliphatic carbocycles. The molecule has 108 valence electrons. The molecule has 3 atom stereocenters. The number of rotatable bonds is 2. The molecule has 2 nitrogen and oxygen atoms in total. The average Bonchev–Trinajstić information content (AvgIpc) is 2.94. The molecule has 2 aromatic rings. The van der Waals surface area contributed by atoms with Crippen molar-refractivity contribution in [3.05, 3.63) is 46.2 Å². The van der Waals surface area contributed by atoms with Crippen molar-refractivity contribution in [2.75, 3.05) is 6.54 Å². The molecule has 1 amide bonds. The summed E-state index contributed by atoms with van der Waals surface area (Å²) in [6.45, 7) is 5.25. The van der Waals surface area contributed by atoms with Gasteiger partial charge in [0.05, 0.1) is 4.88 Å². The number of aryl methyl sites for hydroxylation is 1. The minimum atomic E-state index is 0.223. The van der Waals surface area contributed by atoms with Gasteiger partial charge in [0, 0.05) is 18.2 Å². The predicted octanol–water partition coefficient (Wildman–Crippen LogP) is 4.20. The molecule has 2 fully saturated rings. The van der Waals surface area contributed by atoms with Gasteiger partial charge in [0.15, 0.2) is 0 Å². The van der Waals surface area contributed by atoms with Crippen LogP contribution >= 0.6 is 11.3 Å². The van der Waals surface area contributed by atoms with E-state index in [1.165, 1.54) is 12.0 Å². The van der Waals surface area contributed by atoms with E-state index in [2.05, 4.69) is 49.1 Å². The summed E-state index contributed by atoms with van der Waals surface area (Å²) in [7, 11) is 0. The number of piperidine rings is 1. The zero-order chi connectivity index (χ0) is 14.6. The first-order valence-electron chi connectivity index (χ1n) is 7.60. The minimum absolute atomic E-state index is 0.223. The number of benzene rings is 1. The summed E-state index contributed by atoms with van der Waals surface area (Å²) in [6.07, 6.45) is 1.32. The van der Waals surface area contributed by atoms with Gasteiger partial charge in [-0.05, 0) is 49.1 Å². The molecule has 21 heavy (non-hydrogen) atoms. The van der Waals surface area contributed by atoms with E-state index in [1.54, 1.807) is 11.3 Å². The Morgan fingerprint density at radius 3 is 2.90 bits per heavy atom. The standard InChI is InChI=1S/C18H19NOS/c1-11-4-3-5-13(8-11)15-6-7-21-17(15)18(20)19-10-14-9-16(14)12(19)2/h3-8,12,14,16H,9-10H2,1-2H3/t12-,14-,16+/m0/s1. The van der Waals surface area contributed by atoms with E-state index in [-0.39, 0.29) is 5.91 Å². The molecule has 1 saturated heterocycles. The predicted molar refractivity (Wildman–Crippen MR) is 86.6 cm³/mol. The first-order chi connectivity index (χ1) is 10.1. The molecule has 1 saturated carbocycles. The van der Waals surface area contributed by atoms with Crippen LogP contribution in [0.5, 0.6) is 0 Å². The third-order valence-corrected chi connectivity index (χ3v) is 5.87. The van der Waals surface area contributed by atoms with Gasteiger partial charge >= 0.3 is 0 Å². The number of nitrogens with zero attached hydrogens (tertiary/aromatic N) is 1. The number of amides is 1. The zero-order valence-electron chi connectivity index (χ0n) is 12.4. The lowest BCUT2D eigenvalue weighted by atomic mass is 10.0. The Morgan fingerprint density at radius 2 is 2.19 bits per heavy atom. The molecule has 1 aromatic carbocycles. The molecule has 1 aromatic heterocycles. The minimum Gasteiger partial charge on any atom is -0.335 e. The average molecular weight is 297 g/mol. The second-order valence-corrected chi connectivity index (χ2v) is 7.31. The second-order valence-electron chi connectivity index (χ2n) is 6.39. The highest BCUT2D eigenvalue weighted by Gasteiger charge is 2.52. The van der Waals surface area contributed by atoms with Crippen LogP contribution in [0.3, 0.4) is 0 Å². The summed E-state index contributed by atoms with van der Waals surface area (Å²) in [6, 6.07) is 10.9. The zero-order valence-corrected chi connectivity index (χ0v) is 13.2. The summed E-state index contributed by atoms with van der Waals surface area (Å²) in [5.41, 5.74) is 3.46. The normalized spacial score (nSPS) is 26.8. The molecular weight excluding hydrogens is 278 g/mol. The van der Waals surface area contributed by atoms with Crippen LogP contribution in [-0.4, -0.2) is 23.4 Å². The lowest BCUT2D eigenvalue weighted by Gasteiger charge is -2.24. The summed E-state index contributed by atoms with van der Waals surface area (Å²) < 4.78 is 0. The van der Waals surface area contributed by atoms with Gasteiger partial charge in [-0.2, -0.15) is 0 Å². The SMILES string of the molecule is Cc1cccc(-c2ccsc2C(=O)N2C[C@@H]3C[C@@H]3[C@@H]2C)c1. The summed E-state index contributed by atoms with van der Waals surface area (Å²) in [4.78, 5) is 15.9. The van der Waals surface area contributed by atoms with Crippen LogP contribution in [0.2, 0.25) is 0 Å². The fraction of sp³-hybridized carbons (Fsp3) is 0.389. The third-order valence-electron chi connectivity index (χ3n) is 4.97. The van der Waals surface area contributed by atoms with Gasteiger partial charge in [0.2, 0.25) is 0 Å². The van der Waals surface area contributed by atoms with Crippen molar-refractivity contribution in [1.29, 1.82) is 0 Å². The fourth-order valence-electron chi connectivity index (χ4n) is 3.63. The van der Waals surface area contributed by atoms with Crippen molar-refractivity contribution >= 4 is 17.2 Å². The Hall–Kier alpha value is -1.61. The first-order valence-corrected chi connectivity index (χ1v) is 8.48. The van der Waals surface area contributed by atoms with Crippen molar-refractivity contribution in [3.63, 3.8) is 0 Å². The van der Waals surface area contributed by atoms with Crippen molar-refractivity contribution in [2.24, 2.45) is 11.8 Å². The fourth-order valence-corrected chi connectivity index (χ4v) is 4.51. The van der Waals surface area contributed by atoms with Crippen LogP contribution in [0.4, 0.5) is 0 Å². The monoisotopic (exact) mass is 297 g/mol. The molecule has 2 heterocycles. The Morgan fingerprint density at radius 1 is 1.33 bits per heavy atom. The largest absolute Gasteiger partial charge is 0.335 e. The van der Waals surface area contributed by atoms with Crippen LogP contribution in [0.15, 0.2) is 35.7 Å².